The maximum absolute atomic E-state index is 4.83. The Hall–Kier alpha value is -2.76. The zero-order valence-electron chi connectivity index (χ0n) is 14.6. The van der Waals surface area contributed by atoms with E-state index in [9.17, 15) is 0 Å². The highest BCUT2D eigenvalue weighted by atomic mass is 15.3. The number of rotatable bonds is 4. The van der Waals surface area contributed by atoms with Gasteiger partial charge in [0.15, 0.2) is 11.6 Å². The molecule has 3 heterocycles. The van der Waals surface area contributed by atoms with Crippen LogP contribution in [-0.2, 0) is 0 Å². The van der Waals surface area contributed by atoms with Crippen molar-refractivity contribution in [3.05, 3.63) is 48.3 Å². The normalized spacial score (nSPS) is 17.2. The number of likely N-dealkylation sites (N-methyl/N-ethyl adjacent to an activating group) is 1. The number of hydrogen-bond donors (Lipinski definition) is 0. The highest BCUT2D eigenvalue weighted by molar-refractivity contribution is 5.76. The molecule has 1 aliphatic rings. The van der Waals surface area contributed by atoms with Crippen molar-refractivity contribution in [2.75, 3.05) is 29.9 Å². The third kappa shape index (κ3) is 3.12. The molecule has 1 fully saturated rings. The topological polar surface area (TPSA) is 58.0 Å². The first-order valence-corrected chi connectivity index (χ1v) is 8.71. The van der Waals surface area contributed by atoms with Gasteiger partial charge in [0, 0.05) is 32.4 Å². The number of hydrogen-bond acceptors (Lipinski definition) is 6. The lowest BCUT2D eigenvalue weighted by Gasteiger charge is -2.30. The molecule has 0 spiro atoms. The van der Waals surface area contributed by atoms with Crippen LogP contribution >= 0.6 is 0 Å². The number of anilines is 2. The fraction of sp³-hybridized carbons (Fsp3) is 0.368. The van der Waals surface area contributed by atoms with E-state index in [0.29, 0.717) is 6.04 Å². The van der Waals surface area contributed by atoms with Crippen molar-refractivity contribution in [2.45, 2.75) is 25.8 Å². The van der Waals surface area contributed by atoms with E-state index in [2.05, 4.69) is 27.0 Å². The first-order valence-electron chi connectivity index (χ1n) is 8.71. The first kappa shape index (κ1) is 15.7. The zero-order chi connectivity index (χ0) is 17.2. The van der Waals surface area contributed by atoms with Gasteiger partial charge in [-0.3, -0.25) is 0 Å². The second-order valence-corrected chi connectivity index (χ2v) is 6.57. The number of fused-ring (bicyclic) bond motifs is 1. The summed E-state index contributed by atoms with van der Waals surface area (Å²) < 4.78 is 0. The molecule has 1 aromatic carbocycles. The molecule has 0 amide bonds. The van der Waals surface area contributed by atoms with Gasteiger partial charge in [0.1, 0.15) is 0 Å². The Kier molecular flexibility index (Phi) is 4.17. The van der Waals surface area contributed by atoms with Crippen LogP contribution in [0.2, 0.25) is 0 Å². The molecule has 4 rings (SSSR count). The van der Waals surface area contributed by atoms with Crippen LogP contribution in [0.4, 0.5) is 11.6 Å². The average molecular weight is 334 g/mol. The third-order valence-electron chi connectivity index (χ3n) is 4.80. The molecule has 128 valence electrons. The molecule has 6 heteroatoms. The number of aromatic nitrogens is 4. The average Bonchev–Trinajstić information content (AvgIpc) is 3.10. The predicted octanol–water partition coefficient (Wildman–Crippen LogP) is 2.83. The maximum atomic E-state index is 4.83. The van der Waals surface area contributed by atoms with Crippen LogP contribution in [0.25, 0.3) is 11.0 Å². The van der Waals surface area contributed by atoms with Crippen LogP contribution in [0.3, 0.4) is 0 Å². The quantitative estimate of drug-likeness (QED) is 0.731. The Morgan fingerprint density at radius 1 is 1.12 bits per heavy atom. The highest BCUT2D eigenvalue weighted by Gasteiger charge is 2.27. The molecule has 0 saturated carbocycles. The summed E-state index contributed by atoms with van der Waals surface area (Å²) in [5.74, 6) is 1.91. The van der Waals surface area contributed by atoms with E-state index in [-0.39, 0.29) is 0 Å². The smallest absolute Gasteiger partial charge is 0.151 e. The Morgan fingerprint density at radius 2 is 1.92 bits per heavy atom. The minimum atomic E-state index is 0.411. The molecule has 0 N–H and O–H groups in total. The lowest BCUT2D eigenvalue weighted by molar-refractivity contribution is 0.642. The van der Waals surface area contributed by atoms with E-state index in [1.54, 1.807) is 6.20 Å². The molecule has 25 heavy (non-hydrogen) atoms. The second-order valence-electron chi connectivity index (χ2n) is 6.57. The van der Waals surface area contributed by atoms with Crippen molar-refractivity contribution in [2.24, 2.45) is 0 Å². The molecule has 3 aromatic rings. The first-order chi connectivity index (χ1) is 12.2. The highest BCUT2D eigenvalue weighted by Crippen LogP contribution is 2.26. The summed E-state index contributed by atoms with van der Waals surface area (Å²) in [5.41, 5.74) is 2.84. The van der Waals surface area contributed by atoms with E-state index in [1.165, 1.54) is 6.42 Å². The third-order valence-corrected chi connectivity index (χ3v) is 4.80. The molecule has 2 aromatic heterocycles. The summed E-state index contributed by atoms with van der Waals surface area (Å²) >= 11 is 0. The van der Waals surface area contributed by atoms with Gasteiger partial charge in [-0.05, 0) is 44.0 Å². The molecule has 6 nitrogen and oxygen atoms in total. The Balaban J connectivity index is 1.57. The van der Waals surface area contributed by atoms with Crippen molar-refractivity contribution in [1.29, 1.82) is 0 Å². The molecular weight excluding hydrogens is 312 g/mol. The van der Waals surface area contributed by atoms with E-state index in [0.717, 1.165) is 47.9 Å². The van der Waals surface area contributed by atoms with Crippen LogP contribution in [0.5, 0.6) is 0 Å². The van der Waals surface area contributed by atoms with E-state index >= 15 is 0 Å². The fourth-order valence-electron chi connectivity index (χ4n) is 3.62. The molecule has 1 aliphatic heterocycles. The van der Waals surface area contributed by atoms with Crippen LogP contribution in [0.1, 0.15) is 18.5 Å². The molecule has 1 atom stereocenters. The van der Waals surface area contributed by atoms with Crippen molar-refractivity contribution in [3.63, 3.8) is 0 Å². The van der Waals surface area contributed by atoms with Crippen molar-refractivity contribution >= 4 is 22.7 Å². The number of nitrogens with zero attached hydrogens (tertiary/aromatic N) is 6. The summed E-state index contributed by atoms with van der Waals surface area (Å²) in [7, 11) is 2.10. The molecule has 0 radical (unpaired) electrons. The molecule has 0 bridgehead atoms. The number of aryl methyl sites for hydroxylation is 1. The van der Waals surface area contributed by atoms with Crippen LogP contribution in [-0.4, -0.2) is 46.3 Å². The maximum Gasteiger partial charge on any atom is 0.151 e. The largest absolute Gasteiger partial charge is 0.356 e. The van der Waals surface area contributed by atoms with Crippen molar-refractivity contribution in [1.82, 2.24) is 20.2 Å². The van der Waals surface area contributed by atoms with Gasteiger partial charge in [0.05, 0.1) is 16.7 Å². The van der Waals surface area contributed by atoms with Gasteiger partial charge in [-0.2, -0.15) is 5.10 Å². The molecule has 1 unspecified atom stereocenters. The van der Waals surface area contributed by atoms with Gasteiger partial charge in [0.2, 0.25) is 0 Å². The van der Waals surface area contributed by atoms with Gasteiger partial charge in [-0.15, -0.1) is 5.10 Å². The summed E-state index contributed by atoms with van der Waals surface area (Å²) in [5, 5.41) is 8.30. The van der Waals surface area contributed by atoms with Gasteiger partial charge < -0.3 is 9.80 Å². The van der Waals surface area contributed by atoms with Crippen molar-refractivity contribution in [3.8, 4) is 0 Å². The lowest BCUT2D eigenvalue weighted by atomic mass is 10.2. The second kappa shape index (κ2) is 6.63. The minimum absolute atomic E-state index is 0.411. The fourth-order valence-corrected chi connectivity index (χ4v) is 3.62. The van der Waals surface area contributed by atoms with Crippen LogP contribution in [0.15, 0.2) is 42.6 Å². The Labute approximate surface area is 147 Å². The molecule has 0 aliphatic carbocycles. The van der Waals surface area contributed by atoms with Crippen LogP contribution in [0, 0.1) is 6.92 Å². The van der Waals surface area contributed by atoms with E-state index < -0.39 is 0 Å². The predicted molar refractivity (Wildman–Crippen MR) is 99.9 cm³/mol. The SMILES string of the molecule is Cc1nc2ccccc2nc1N(C)CC1CCCN1c1cccnn1. The van der Waals surface area contributed by atoms with E-state index in [4.69, 9.17) is 9.97 Å². The number of benzene rings is 1. The summed E-state index contributed by atoms with van der Waals surface area (Å²) in [4.78, 5) is 14.1. The monoisotopic (exact) mass is 334 g/mol. The Morgan fingerprint density at radius 3 is 2.68 bits per heavy atom. The van der Waals surface area contributed by atoms with Crippen LogP contribution < -0.4 is 9.80 Å². The summed E-state index contributed by atoms with van der Waals surface area (Å²) in [6, 6.07) is 12.4. The van der Waals surface area contributed by atoms with Gasteiger partial charge in [0.25, 0.3) is 0 Å². The summed E-state index contributed by atoms with van der Waals surface area (Å²) in [6.07, 6.45) is 4.05. The molecular formula is C19H22N6. The lowest BCUT2D eigenvalue weighted by Crippen LogP contribution is -2.40. The summed E-state index contributed by atoms with van der Waals surface area (Å²) in [6.45, 7) is 3.95. The molecule has 1 saturated heterocycles. The van der Waals surface area contributed by atoms with E-state index in [1.807, 2.05) is 43.3 Å². The van der Waals surface area contributed by atoms with Gasteiger partial charge >= 0.3 is 0 Å². The standard InChI is InChI=1S/C19H22N6/c1-14-19(22-17-9-4-3-8-16(17)21-14)24(2)13-15-7-6-12-25(15)18-10-5-11-20-23-18/h3-5,8-11,15H,6-7,12-13H2,1-2H3. The van der Waals surface area contributed by atoms with Crippen molar-refractivity contribution < 1.29 is 0 Å². The van der Waals surface area contributed by atoms with Gasteiger partial charge in [-0.1, -0.05) is 12.1 Å². The van der Waals surface area contributed by atoms with Gasteiger partial charge in [-0.25, -0.2) is 9.97 Å². The minimum Gasteiger partial charge on any atom is -0.356 e. The Bertz CT molecular complexity index is 866. The number of para-hydroxylation sites is 2. The zero-order valence-corrected chi connectivity index (χ0v) is 14.6.